The van der Waals surface area contributed by atoms with Gasteiger partial charge in [-0.15, -0.1) is 0 Å². The van der Waals surface area contributed by atoms with Gasteiger partial charge in [-0.05, 0) is 65.1 Å². The summed E-state index contributed by atoms with van der Waals surface area (Å²) in [4.78, 5) is 0. The van der Waals surface area contributed by atoms with Gasteiger partial charge < -0.3 is 0 Å². The smallest absolute Gasteiger partial charge is 0.0966 e. The van der Waals surface area contributed by atoms with Crippen LogP contribution in [0, 0.1) is 5.92 Å². The fourth-order valence-corrected chi connectivity index (χ4v) is 5.22. The molecule has 1 aliphatic carbocycles. The van der Waals surface area contributed by atoms with Gasteiger partial charge in [-0.2, -0.15) is 0 Å². The maximum Gasteiger partial charge on any atom is 0.113 e. The van der Waals surface area contributed by atoms with Crippen LogP contribution in [0.15, 0.2) is 95.0 Å². The Balaban J connectivity index is 1.65. The van der Waals surface area contributed by atoms with E-state index in [0.717, 1.165) is 29.2 Å². The number of hydrogen-bond donors (Lipinski definition) is 0. The first kappa shape index (κ1) is 22.9. The molecule has 160 valence electrons. The Hall–Kier alpha value is -2.32. The maximum absolute atomic E-state index is 5.86. The lowest BCUT2D eigenvalue weighted by Crippen LogP contribution is -2.27. The van der Waals surface area contributed by atoms with E-state index in [1.165, 1.54) is 33.4 Å². The van der Waals surface area contributed by atoms with Gasteiger partial charge in [0.2, 0.25) is 0 Å². The van der Waals surface area contributed by atoms with Crippen LogP contribution in [0.3, 0.4) is 0 Å². The number of halogens is 1. The molecule has 0 saturated heterocycles. The number of rotatable bonds is 6. The third-order valence-electron chi connectivity index (χ3n) is 6.66. The highest BCUT2D eigenvalue weighted by molar-refractivity contribution is 9.10. The highest BCUT2D eigenvalue weighted by Crippen LogP contribution is 2.43. The first-order valence-corrected chi connectivity index (χ1v) is 12.3. The fourth-order valence-electron chi connectivity index (χ4n) is 4.96. The van der Waals surface area contributed by atoms with Gasteiger partial charge >= 0.3 is 0 Å². The van der Waals surface area contributed by atoms with Crippen LogP contribution < -0.4 is 5.46 Å². The predicted molar refractivity (Wildman–Crippen MR) is 144 cm³/mol. The van der Waals surface area contributed by atoms with Crippen LogP contribution in [0.2, 0.25) is 0 Å². The SMILES string of the molecule is [B]c1ccc(-c2ccc(C(C)(CC(C)C)C3=CC=C(c4ccc(Br)cc4)CC3)cc2)cc1. The molecule has 32 heavy (non-hydrogen) atoms. The zero-order valence-electron chi connectivity index (χ0n) is 19.2. The molecular weight excluding hydrogens is 451 g/mol. The Morgan fingerprint density at radius 1 is 0.781 bits per heavy atom. The molecule has 0 amide bonds. The minimum atomic E-state index is 0.0373. The zero-order valence-corrected chi connectivity index (χ0v) is 20.8. The van der Waals surface area contributed by atoms with Crippen LogP contribution in [0.1, 0.15) is 51.2 Å². The third-order valence-corrected chi connectivity index (χ3v) is 7.18. The molecule has 0 nitrogen and oxygen atoms in total. The molecular formula is C30H30BBr. The van der Waals surface area contributed by atoms with E-state index in [1.807, 2.05) is 12.1 Å². The summed E-state index contributed by atoms with van der Waals surface area (Å²) < 4.78 is 1.13. The van der Waals surface area contributed by atoms with Crippen molar-refractivity contribution in [2.45, 2.75) is 45.4 Å². The molecule has 0 aromatic heterocycles. The predicted octanol–water partition coefficient (Wildman–Crippen LogP) is 8.02. The normalized spacial score (nSPS) is 15.8. The molecule has 0 saturated carbocycles. The minimum absolute atomic E-state index is 0.0373. The second-order valence-corrected chi connectivity index (χ2v) is 10.4. The molecule has 2 radical (unpaired) electrons. The molecule has 1 unspecified atom stereocenters. The Labute approximate surface area is 203 Å². The first-order chi connectivity index (χ1) is 15.3. The van der Waals surface area contributed by atoms with E-state index in [9.17, 15) is 0 Å². The van der Waals surface area contributed by atoms with E-state index in [-0.39, 0.29) is 5.41 Å². The van der Waals surface area contributed by atoms with E-state index < -0.39 is 0 Å². The summed E-state index contributed by atoms with van der Waals surface area (Å²) >= 11 is 3.54. The molecule has 0 N–H and O–H groups in total. The molecule has 2 heteroatoms. The van der Waals surface area contributed by atoms with Crippen LogP contribution >= 0.6 is 15.9 Å². The molecule has 0 spiro atoms. The molecule has 0 heterocycles. The minimum Gasteiger partial charge on any atom is -0.0966 e. The average molecular weight is 481 g/mol. The van der Waals surface area contributed by atoms with Crippen LogP contribution in [-0.2, 0) is 5.41 Å². The van der Waals surface area contributed by atoms with E-state index in [4.69, 9.17) is 7.85 Å². The lowest BCUT2D eigenvalue weighted by molar-refractivity contribution is 0.410. The van der Waals surface area contributed by atoms with Gasteiger partial charge in [-0.25, -0.2) is 0 Å². The topological polar surface area (TPSA) is 0 Å². The Morgan fingerprint density at radius 2 is 1.34 bits per heavy atom. The van der Waals surface area contributed by atoms with Gasteiger partial charge in [0, 0.05) is 9.89 Å². The summed E-state index contributed by atoms with van der Waals surface area (Å²) in [5.41, 5.74) is 8.95. The summed E-state index contributed by atoms with van der Waals surface area (Å²) in [6, 6.07) is 25.9. The van der Waals surface area contributed by atoms with E-state index in [1.54, 1.807) is 0 Å². The molecule has 3 aromatic rings. The summed E-state index contributed by atoms with van der Waals surface area (Å²) in [7, 11) is 5.86. The van der Waals surface area contributed by atoms with Gasteiger partial charge in [0.25, 0.3) is 0 Å². The third kappa shape index (κ3) is 5.02. The molecule has 0 fully saturated rings. The lowest BCUT2D eigenvalue weighted by Gasteiger charge is -2.36. The Bertz CT molecular complexity index is 1120. The van der Waals surface area contributed by atoms with Gasteiger partial charge in [-0.3, -0.25) is 0 Å². The van der Waals surface area contributed by atoms with Crippen molar-refractivity contribution in [3.8, 4) is 11.1 Å². The highest BCUT2D eigenvalue weighted by Gasteiger charge is 2.32. The second-order valence-electron chi connectivity index (χ2n) is 9.52. The molecule has 0 aliphatic heterocycles. The molecule has 1 aliphatic rings. The number of benzene rings is 3. The van der Waals surface area contributed by atoms with Gasteiger partial charge in [0.15, 0.2) is 0 Å². The van der Waals surface area contributed by atoms with Crippen LogP contribution in [0.25, 0.3) is 16.7 Å². The van der Waals surface area contributed by atoms with Crippen LogP contribution in [0.5, 0.6) is 0 Å². The summed E-state index contributed by atoms with van der Waals surface area (Å²) in [6.45, 7) is 7.08. The molecule has 1 atom stereocenters. The van der Waals surface area contributed by atoms with Crippen LogP contribution in [0.4, 0.5) is 0 Å². The summed E-state index contributed by atoms with van der Waals surface area (Å²) in [5.74, 6) is 0.620. The molecule has 0 bridgehead atoms. The van der Waals surface area contributed by atoms with Crippen molar-refractivity contribution < 1.29 is 0 Å². The maximum atomic E-state index is 5.86. The number of allylic oxidation sites excluding steroid dienone is 4. The highest BCUT2D eigenvalue weighted by atomic mass is 79.9. The quantitative estimate of drug-likeness (QED) is 0.313. The van der Waals surface area contributed by atoms with Crippen molar-refractivity contribution in [1.82, 2.24) is 0 Å². The van der Waals surface area contributed by atoms with Crippen molar-refractivity contribution >= 4 is 34.8 Å². The van der Waals surface area contributed by atoms with E-state index >= 15 is 0 Å². The summed E-state index contributed by atoms with van der Waals surface area (Å²) in [6.07, 6.45) is 8.05. The van der Waals surface area contributed by atoms with Gasteiger partial charge in [-0.1, -0.05) is 121 Å². The monoisotopic (exact) mass is 480 g/mol. The van der Waals surface area contributed by atoms with Crippen LogP contribution in [-0.4, -0.2) is 7.85 Å². The second kappa shape index (κ2) is 9.67. The number of hydrogen-bond acceptors (Lipinski definition) is 0. The van der Waals surface area contributed by atoms with Crippen molar-refractivity contribution in [3.63, 3.8) is 0 Å². The van der Waals surface area contributed by atoms with Crippen molar-refractivity contribution in [3.05, 3.63) is 106 Å². The van der Waals surface area contributed by atoms with Gasteiger partial charge in [0.05, 0.1) is 0 Å². The summed E-state index contributed by atoms with van der Waals surface area (Å²) in [5, 5.41) is 0. The Morgan fingerprint density at radius 3 is 1.88 bits per heavy atom. The van der Waals surface area contributed by atoms with Crippen molar-refractivity contribution in [2.75, 3.05) is 0 Å². The van der Waals surface area contributed by atoms with E-state index in [2.05, 4.69) is 110 Å². The van der Waals surface area contributed by atoms with E-state index in [0.29, 0.717) is 5.92 Å². The fraction of sp³-hybridized carbons (Fsp3) is 0.267. The first-order valence-electron chi connectivity index (χ1n) is 11.5. The largest absolute Gasteiger partial charge is 0.113 e. The van der Waals surface area contributed by atoms with Crippen molar-refractivity contribution in [1.29, 1.82) is 0 Å². The Kier molecular flexibility index (Phi) is 6.91. The van der Waals surface area contributed by atoms with Gasteiger partial charge in [0.1, 0.15) is 7.85 Å². The molecule has 3 aromatic carbocycles. The lowest BCUT2D eigenvalue weighted by atomic mass is 9.68. The standard InChI is InChI=1S/C30H30BBr/c1-21(2)20-30(3,26-12-4-22(5-13-26)24-8-16-28(31)17-9-24)27-14-6-23(7-15-27)25-10-18-29(32)19-11-25/h4-6,8-14,16-19,21H,7,15,20H2,1-3H3. The molecule has 4 rings (SSSR count). The average Bonchev–Trinajstić information content (AvgIpc) is 2.80. The zero-order chi connectivity index (χ0) is 22.7. The van der Waals surface area contributed by atoms with Crippen molar-refractivity contribution in [2.24, 2.45) is 5.92 Å².